The van der Waals surface area contributed by atoms with Crippen LogP contribution in [0.15, 0.2) is 60.7 Å². The second kappa shape index (κ2) is 10.6. The molecule has 0 saturated heterocycles. The van der Waals surface area contributed by atoms with Crippen molar-refractivity contribution in [1.82, 2.24) is 4.57 Å². The molecule has 5 rings (SSSR count). The highest BCUT2D eigenvalue weighted by atomic mass is 16.5. The number of fused-ring (bicyclic) bond motifs is 3. The lowest BCUT2D eigenvalue weighted by atomic mass is 9.86. The van der Waals surface area contributed by atoms with Gasteiger partial charge in [-0.05, 0) is 73.7 Å². The van der Waals surface area contributed by atoms with E-state index in [0.717, 1.165) is 33.3 Å². The lowest BCUT2D eigenvalue weighted by molar-refractivity contribution is -0.150. The van der Waals surface area contributed by atoms with Crippen molar-refractivity contribution in [2.75, 3.05) is 21.3 Å². The van der Waals surface area contributed by atoms with Gasteiger partial charge in [-0.15, -0.1) is 0 Å². The molecular formula is C31H31NO6. The van der Waals surface area contributed by atoms with Crippen molar-refractivity contribution >= 4 is 22.8 Å². The summed E-state index contributed by atoms with van der Waals surface area (Å²) in [6, 6.07) is 19.0. The summed E-state index contributed by atoms with van der Waals surface area (Å²) in [6.45, 7) is 2.13. The van der Waals surface area contributed by atoms with Gasteiger partial charge in [0.05, 0.1) is 32.8 Å². The van der Waals surface area contributed by atoms with Crippen LogP contribution in [0.4, 0.5) is 0 Å². The zero-order chi connectivity index (χ0) is 26.8. The van der Waals surface area contributed by atoms with E-state index in [1.807, 2.05) is 54.0 Å². The first-order valence-corrected chi connectivity index (χ1v) is 12.6. The van der Waals surface area contributed by atoms with Gasteiger partial charge in [-0.25, -0.2) is 0 Å². The van der Waals surface area contributed by atoms with Crippen molar-refractivity contribution in [3.63, 3.8) is 0 Å². The molecule has 0 aliphatic heterocycles. The first-order valence-electron chi connectivity index (χ1n) is 12.6. The van der Waals surface area contributed by atoms with Crippen LogP contribution in [-0.2, 0) is 29.0 Å². The summed E-state index contributed by atoms with van der Waals surface area (Å²) in [4.78, 5) is 26.7. The van der Waals surface area contributed by atoms with Crippen LogP contribution in [0, 0.1) is 12.8 Å². The third kappa shape index (κ3) is 4.60. The number of rotatable bonds is 7. The second-order valence-electron chi connectivity index (χ2n) is 9.53. The monoisotopic (exact) mass is 513 g/mol. The molecule has 0 saturated carbocycles. The van der Waals surface area contributed by atoms with Crippen molar-refractivity contribution in [3.8, 4) is 17.2 Å². The molecule has 0 fully saturated rings. The normalized spacial score (nSPS) is 14.6. The van der Waals surface area contributed by atoms with Crippen LogP contribution in [0.25, 0.3) is 10.9 Å². The van der Waals surface area contributed by atoms with Crippen molar-refractivity contribution in [2.45, 2.75) is 32.8 Å². The molecule has 0 bridgehead atoms. The van der Waals surface area contributed by atoms with Gasteiger partial charge in [0, 0.05) is 16.6 Å². The Morgan fingerprint density at radius 1 is 0.921 bits per heavy atom. The predicted molar refractivity (Wildman–Crippen MR) is 144 cm³/mol. The van der Waals surface area contributed by atoms with E-state index in [4.69, 9.17) is 18.9 Å². The maximum Gasteiger partial charge on any atom is 0.309 e. The Balaban J connectivity index is 1.40. The standard InChI is InChI=1S/C31H31NO6/c1-19-10-12-25-23(14-19)24-17-22(11-13-26(24)32(25)30(33)21-8-6-5-7-9-21)31(34)38-18-20-15-27(35-2)29(37-4)28(16-20)36-3/h5-10,12,14-16,22H,11,13,17-18H2,1-4H3. The molecule has 3 aromatic carbocycles. The second-order valence-corrected chi connectivity index (χ2v) is 9.53. The van der Waals surface area contributed by atoms with Gasteiger partial charge in [-0.2, -0.15) is 0 Å². The summed E-state index contributed by atoms with van der Waals surface area (Å²) in [5.41, 5.74) is 5.39. The molecule has 1 heterocycles. The summed E-state index contributed by atoms with van der Waals surface area (Å²) >= 11 is 0. The summed E-state index contributed by atoms with van der Waals surface area (Å²) in [7, 11) is 4.64. The van der Waals surface area contributed by atoms with Crippen LogP contribution in [0.5, 0.6) is 17.2 Å². The van der Waals surface area contributed by atoms with E-state index < -0.39 is 0 Å². The molecule has 196 valence electrons. The maximum atomic E-state index is 13.5. The number of benzene rings is 3. The molecule has 0 spiro atoms. The zero-order valence-electron chi connectivity index (χ0n) is 22.1. The molecule has 1 atom stereocenters. The lowest BCUT2D eigenvalue weighted by Gasteiger charge is -2.23. The van der Waals surface area contributed by atoms with Crippen LogP contribution in [0.3, 0.4) is 0 Å². The predicted octanol–water partition coefficient (Wildman–Crippen LogP) is 5.51. The van der Waals surface area contributed by atoms with E-state index in [-0.39, 0.29) is 24.4 Å². The number of methoxy groups -OCH3 is 3. The summed E-state index contributed by atoms with van der Waals surface area (Å²) in [5, 5.41) is 1.02. The highest BCUT2D eigenvalue weighted by molar-refractivity contribution is 6.04. The Labute approximate surface area is 221 Å². The largest absolute Gasteiger partial charge is 0.493 e. The van der Waals surface area contributed by atoms with Gasteiger partial charge >= 0.3 is 5.97 Å². The van der Waals surface area contributed by atoms with Crippen molar-refractivity contribution < 1.29 is 28.5 Å². The Bertz CT molecular complexity index is 1480. The third-order valence-corrected chi connectivity index (χ3v) is 7.18. The summed E-state index contributed by atoms with van der Waals surface area (Å²) in [5.74, 6) is 0.895. The molecule has 1 aliphatic carbocycles. The molecule has 7 nitrogen and oxygen atoms in total. The highest BCUT2D eigenvalue weighted by Gasteiger charge is 2.32. The number of esters is 1. The number of hydrogen-bond acceptors (Lipinski definition) is 6. The number of hydrogen-bond donors (Lipinski definition) is 0. The number of ether oxygens (including phenoxy) is 4. The van der Waals surface area contributed by atoms with Gasteiger partial charge in [0.2, 0.25) is 5.75 Å². The Hall–Kier alpha value is -4.26. The summed E-state index contributed by atoms with van der Waals surface area (Å²) in [6.07, 6.45) is 1.75. The van der Waals surface area contributed by atoms with Gasteiger partial charge < -0.3 is 18.9 Å². The number of carbonyl (C=O) groups is 2. The maximum absolute atomic E-state index is 13.5. The number of carbonyl (C=O) groups excluding carboxylic acids is 2. The van der Waals surface area contributed by atoms with Gasteiger partial charge in [0.25, 0.3) is 5.91 Å². The van der Waals surface area contributed by atoms with Gasteiger partial charge in [0.1, 0.15) is 6.61 Å². The number of nitrogens with zero attached hydrogens (tertiary/aromatic N) is 1. The number of aryl methyl sites for hydroxylation is 1. The lowest BCUT2D eigenvalue weighted by Crippen LogP contribution is -2.26. The molecule has 38 heavy (non-hydrogen) atoms. The van der Waals surface area contributed by atoms with Crippen LogP contribution in [0.1, 0.15) is 39.2 Å². The fraction of sp³-hybridized carbons (Fsp3) is 0.290. The highest BCUT2D eigenvalue weighted by Crippen LogP contribution is 2.39. The van der Waals surface area contributed by atoms with Crippen LogP contribution >= 0.6 is 0 Å². The fourth-order valence-electron chi connectivity index (χ4n) is 5.31. The molecule has 1 unspecified atom stereocenters. The average Bonchev–Trinajstić information content (AvgIpc) is 3.27. The van der Waals surface area contributed by atoms with E-state index in [2.05, 4.69) is 6.07 Å². The third-order valence-electron chi connectivity index (χ3n) is 7.18. The van der Waals surface area contributed by atoms with Crippen LogP contribution < -0.4 is 14.2 Å². The first kappa shape index (κ1) is 25.4. The molecule has 1 aromatic heterocycles. The molecular weight excluding hydrogens is 482 g/mol. The number of aromatic nitrogens is 1. The van der Waals surface area contributed by atoms with Gasteiger partial charge in [-0.3, -0.25) is 14.2 Å². The molecule has 0 radical (unpaired) electrons. The van der Waals surface area contributed by atoms with Crippen molar-refractivity contribution in [2.24, 2.45) is 5.92 Å². The molecule has 4 aromatic rings. The molecule has 1 aliphatic rings. The van der Waals surface area contributed by atoms with Gasteiger partial charge in [0.15, 0.2) is 11.5 Å². The topological polar surface area (TPSA) is 76.0 Å². The Kier molecular flexibility index (Phi) is 7.09. The van der Waals surface area contributed by atoms with Gasteiger partial charge in [-0.1, -0.05) is 29.8 Å². The van der Waals surface area contributed by atoms with Crippen LogP contribution in [-0.4, -0.2) is 37.8 Å². The minimum Gasteiger partial charge on any atom is -0.493 e. The minimum atomic E-state index is -0.295. The first-order chi connectivity index (χ1) is 18.4. The zero-order valence-corrected chi connectivity index (χ0v) is 22.1. The fourth-order valence-corrected chi connectivity index (χ4v) is 5.31. The molecule has 7 heteroatoms. The van der Waals surface area contributed by atoms with E-state index in [1.54, 1.807) is 33.5 Å². The quantitative estimate of drug-likeness (QED) is 0.303. The molecule has 0 N–H and O–H groups in total. The SMILES string of the molecule is COc1cc(COC(=O)C2CCc3c(c4cc(C)ccc4n3C(=O)c3ccccc3)C2)cc(OC)c1OC. The van der Waals surface area contributed by atoms with E-state index in [0.29, 0.717) is 42.1 Å². The Morgan fingerprint density at radius 2 is 1.63 bits per heavy atom. The summed E-state index contributed by atoms with van der Waals surface area (Å²) < 4.78 is 23.8. The van der Waals surface area contributed by atoms with Crippen molar-refractivity contribution in [1.29, 1.82) is 0 Å². The van der Waals surface area contributed by atoms with E-state index in [9.17, 15) is 9.59 Å². The van der Waals surface area contributed by atoms with Crippen LogP contribution in [0.2, 0.25) is 0 Å². The van der Waals surface area contributed by atoms with E-state index >= 15 is 0 Å². The minimum absolute atomic E-state index is 0.0517. The molecule has 0 amide bonds. The van der Waals surface area contributed by atoms with Crippen molar-refractivity contribution in [3.05, 3.63) is 88.6 Å². The Morgan fingerprint density at radius 3 is 2.29 bits per heavy atom. The smallest absolute Gasteiger partial charge is 0.309 e. The average molecular weight is 514 g/mol. The van der Waals surface area contributed by atoms with E-state index in [1.165, 1.54) is 0 Å².